The average Bonchev–Trinajstić information content (AvgIpc) is 3.20. The van der Waals surface area contributed by atoms with E-state index < -0.39 is 12.0 Å². The van der Waals surface area contributed by atoms with E-state index in [9.17, 15) is 14.7 Å². The van der Waals surface area contributed by atoms with E-state index in [0.717, 1.165) is 44.6 Å². The smallest absolute Gasteiger partial charge is 0.326 e. The molecule has 0 saturated carbocycles. The second-order valence-electron chi connectivity index (χ2n) is 6.87. The van der Waals surface area contributed by atoms with Crippen molar-refractivity contribution in [3.05, 3.63) is 0 Å². The highest BCUT2D eigenvalue weighted by molar-refractivity contribution is 7.98. The lowest BCUT2D eigenvalue weighted by molar-refractivity contribution is -0.142. The van der Waals surface area contributed by atoms with Gasteiger partial charge in [0.15, 0.2) is 0 Å². The molecule has 2 aliphatic heterocycles. The topological polar surface area (TPSA) is 81.7 Å². The van der Waals surface area contributed by atoms with Gasteiger partial charge in [0.05, 0.1) is 6.04 Å². The Morgan fingerprint density at radius 3 is 2.79 bits per heavy atom. The summed E-state index contributed by atoms with van der Waals surface area (Å²) in [6, 6.07) is -0.509. The van der Waals surface area contributed by atoms with Gasteiger partial charge in [-0.05, 0) is 56.7 Å². The molecule has 2 rings (SSSR count). The fraction of sp³-hybridized carbons (Fsp3) is 0.882. The van der Waals surface area contributed by atoms with Crippen LogP contribution in [-0.2, 0) is 9.59 Å². The van der Waals surface area contributed by atoms with Crippen molar-refractivity contribution < 1.29 is 14.7 Å². The van der Waals surface area contributed by atoms with Crippen molar-refractivity contribution >= 4 is 23.6 Å². The maximum atomic E-state index is 12.8. The molecule has 0 radical (unpaired) electrons. The fourth-order valence-corrected chi connectivity index (χ4v) is 4.36. The van der Waals surface area contributed by atoms with Crippen LogP contribution in [0.4, 0.5) is 0 Å². The first kappa shape index (κ1) is 19.5. The van der Waals surface area contributed by atoms with Crippen molar-refractivity contribution in [3.8, 4) is 0 Å². The molecule has 0 aromatic carbocycles. The Hall–Kier alpha value is -0.790. The van der Waals surface area contributed by atoms with Gasteiger partial charge in [0.25, 0.3) is 0 Å². The zero-order valence-electron chi connectivity index (χ0n) is 14.8. The van der Waals surface area contributed by atoms with Gasteiger partial charge in [-0.15, -0.1) is 0 Å². The molecule has 0 aromatic rings. The van der Waals surface area contributed by atoms with E-state index in [0.29, 0.717) is 18.4 Å². The highest BCUT2D eigenvalue weighted by Crippen LogP contribution is 2.28. The minimum absolute atomic E-state index is 0.106. The molecule has 2 saturated heterocycles. The Morgan fingerprint density at radius 1 is 1.42 bits per heavy atom. The Balaban J connectivity index is 1.99. The summed E-state index contributed by atoms with van der Waals surface area (Å²) in [5.74, 6) is 0.00848. The van der Waals surface area contributed by atoms with Crippen LogP contribution >= 0.6 is 11.8 Å². The van der Waals surface area contributed by atoms with Gasteiger partial charge in [-0.25, -0.2) is 4.79 Å². The Labute approximate surface area is 149 Å². The third kappa shape index (κ3) is 5.10. The van der Waals surface area contributed by atoms with Crippen molar-refractivity contribution in [2.75, 3.05) is 31.6 Å². The van der Waals surface area contributed by atoms with Crippen LogP contribution in [0.15, 0.2) is 0 Å². The number of nitrogens with zero attached hydrogens (tertiary/aromatic N) is 1. The van der Waals surface area contributed by atoms with Crippen molar-refractivity contribution in [1.82, 2.24) is 15.5 Å². The minimum atomic E-state index is -0.938. The highest BCUT2D eigenvalue weighted by Gasteiger charge is 2.40. The number of rotatable bonds is 9. The highest BCUT2D eigenvalue weighted by atomic mass is 32.2. The molecule has 2 fully saturated rings. The number of carboxylic acids is 1. The first-order valence-electron chi connectivity index (χ1n) is 9.06. The monoisotopic (exact) mass is 357 g/mol. The van der Waals surface area contributed by atoms with E-state index in [4.69, 9.17) is 0 Å². The van der Waals surface area contributed by atoms with Crippen molar-refractivity contribution in [2.24, 2.45) is 5.92 Å². The summed E-state index contributed by atoms with van der Waals surface area (Å²) in [6.45, 7) is 4.99. The van der Waals surface area contributed by atoms with Crippen LogP contribution in [0.25, 0.3) is 0 Å². The second-order valence-corrected chi connectivity index (χ2v) is 7.86. The van der Waals surface area contributed by atoms with Crippen molar-refractivity contribution in [1.29, 1.82) is 0 Å². The summed E-state index contributed by atoms with van der Waals surface area (Å²) in [6.07, 6.45) is 6.74. The molecule has 0 spiro atoms. The first-order chi connectivity index (χ1) is 11.6. The molecular weight excluding hydrogens is 326 g/mol. The van der Waals surface area contributed by atoms with Crippen LogP contribution < -0.4 is 10.6 Å². The van der Waals surface area contributed by atoms with Gasteiger partial charge >= 0.3 is 5.97 Å². The number of carboxylic acid groups (broad SMARTS) is 1. The summed E-state index contributed by atoms with van der Waals surface area (Å²) in [5.41, 5.74) is 0. The van der Waals surface area contributed by atoms with E-state index in [-0.39, 0.29) is 11.9 Å². The first-order valence-corrected chi connectivity index (χ1v) is 10.5. The lowest BCUT2D eigenvalue weighted by Gasteiger charge is -2.30. The molecule has 0 bridgehead atoms. The van der Waals surface area contributed by atoms with Crippen molar-refractivity contribution in [2.45, 2.75) is 57.2 Å². The van der Waals surface area contributed by atoms with Gasteiger partial charge in [-0.2, -0.15) is 11.8 Å². The quantitative estimate of drug-likeness (QED) is 0.575. The van der Waals surface area contributed by atoms with E-state index in [2.05, 4.69) is 22.5 Å². The number of likely N-dealkylation sites (tertiary alicyclic amines) is 1. The third-order valence-electron chi connectivity index (χ3n) is 5.26. The molecule has 3 N–H and O–H groups in total. The third-order valence-corrected chi connectivity index (χ3v) is 5.91. The van der Waals surface area contributed by atoms with Gasteiger partial charge in [0.2, 0.25) is 5.91 Å². The van der Waals surface area contributed by atoms with Crippen LogP contribution in [0.2, 0.25) is 0 Å². The normalized spacial score (nSPS) is 28.8. The number of aliphatic carboxylic acids is 1. The fourth-order valence-electron chi connectivity index (χ4n) is 3.88. The number of amides is 1. The molecule has 7 heteroatoms. The molecule has 0 aromatic heterocycles. The van der Waals surface area contributed by atoms with Crippen molar-refractivity contribution in [3.63, 3.8) is 0 Å². The number of thioether (sulfide) groups is 1. The number of carbonyl (C=O) groups excluding carboxylic acids is 1. The Kier molecular flexibility index (Phi) is 7.84. The van der Waals surface area contributed by atoms with Crippen LogP contribution in [-0.4, -0.2) is 71.7 Å². The lowest BCUT2D eigenvalue weighted by atomic mass is 9.96. The predicted molar refractivity (Wildman–Crippen MR) is 97.3 cm³/mol. The number of carbonyl (C=O) groups is 2. The van der Waals surface area contributed by atoms with Crippen LogP contribution in [0.1, 0.15) is 39.0 Å². The van der Waals surface area contributed by atoms with E-state index in [1.165, 1.54) is 6.42 Å². The Bertz CT molecular complexity index is 429. The summed E-state index contributed by atoms with van der Waals surface area (Å²) in [5, 5.41) is 15.7. The van der Waals surface area contributed by atoms with Crippen LogP contribution in [0.3, 0.4) is 0 Å². The molecule has 138 valence electrons. The van der Waals surface area contributed by atoms with Gasteiger partial charge < -0.3 is 15.7 Å². The van der Waals surface area contributed by atoms with Gasteiger partial charge in [0, 0.05) is 12.6 Å². The Morgan fingerprint density at radius 2 is 2.21 bits per heavy atom. The second kappa shape index (κ2) is 9.63. The molecule has 2 aliphatic rings. The molecule has 0 aliphatic carbocycles. The standard InChI is InChI=1S/C17H31N3O3S/c1-3-12-6-9-20(11-13-5-4-8-18-13)15(12)16(21)19-14(17(22)23)7-10-24-2/h12-15,18H,3-11H2,1-2H3,(H,19,21)(H,22,23)/t12-,13-,14?,15?/m0/s1. The molecule has 4 atom stereocenters. The largest absolute Gasteiger partial charge is 0.480 e. The zero-order chi connectivity index (χ0) is 17.5. The number of hydrogen-bond donors (Lipinski definition) is 3. The molecule has 2 unspecified atom stereocenters. The van der Waals surface area contributed by atoms with Gasteiger partial charge in [-0.1, -0.05) is 13.3 Å². The molecular formula is C17H31N3O3S. The van der Waals surface area contributed by atoms with Gasteiger partial charge in [0.1, 0.15) is 6.04 Å². The summed E-state index contributed by atoms with van der Waals surface area (Å²) in [7, 11) is 0. The summed E-state index contributed by atoms with van der Waals surface area (Å²) < 4.78 is 0. The lowest BCUT2D eigenvalue weighted by Crippen LogP contribution is -2.53. The molecule has 24 heavy (non-hydrogen) atoms. The number of hydrogen-bond acceptors (Lipinski definition) is 5. The van der Waals surface area contributed by atoms with Gasteiger partial charge in [-0.3, -0.25) is 9.69 Å². The molecule has 1 amide bonds. The zero-order valence-corrected chi connectivity index (χ0v) is 15.6. The summed E-state index contributed by atoms with van der Waals surface area (Å²) in [4.78, 5) is 26.5. The van der Waals surface area contributed by atoms with E-state index >= 15 is 0 Å². The number of nitrogens with one attached hydrogen (secondary N) is 2. The van der Waals surface area contributed by atoms with E-state index in [1.54, 1.807) is 11.8 Å². The predicted octanol–water partition coefficient (Wildman–Crippen LogP) is 1.16. The molecule has 2 heterocycles. The SMILES string of the molecule is CC[C@H]1CCN(C[C@@H]2CCCN2)C1C(=O)NC(CCSC)C(=O)O. The average molecular weight is 358 g/mol. The van der Waals surface area contributed by atoms with Crippen LogP contribution in [0, 0.1) is 5.92 Å². The molecule has 6 nitrogen and oxygen atoms in total. The maximum Gasteiger partial charge on any atom is 0.326 e. The minimum Gasteiger partial charge on any atom is -0.480 e. The van der Waals surface area contributed by atoms with E-state index in [1.807, 2.05) is 6.26 Å². The maximum absolute atomic E-state index is 12.8. The van der Waals surface area contributed by atoms with Crippen LogP contribution in [0.5, 0.6) is 0 Å². The summed E-state index contributed by atoms with van der Waals surface area (Å²) >= 11 is 1.60.